The number of rotatable bonds is 5. The van der Waals surface area contributed by atoms with Crippen LogP contribution in [0.2, 0.25) is 0 Å². The van der Waals surface area contributed by atoms with Crippen LogP contribution in [0.1, 0.15) is 12.6 Å². The standard InChI is InChI=1S/C14H19N7O/c1-9(8-22-4)16-14-15-6-13-11(5-10(2)21(13)18-14)12-7-20(3)19-17-12/h5-7,9H,8H2,1-4H3,(H,16,18)/t9-/m0/s1. The fraction of sp³-hybridized carbons (Fsp3) is 0.429. The Morgan fingerprint density at radius 2 is 2.23 bits per heavy atom. The van der Waals surface area contributed by atoms with Gasteiger partial charge in [0.25, 0.3) is 0 Å². The number of nitrogens with one attached hydrogen (secondary N) is 1. The summed E-state index contributed by atoms with van der Waals surface area (Å²) in [7, 11) is 3.52. The fourth-order valence-electron chi connectivity index (χ4n) is 2.40. The van der Waals surface area contributed by atoms with Crippen molar-refractivity contribution in [2.24, 2.45) is 7.05 Å². The summed E-state index contributed by atoms with van der Waals surface area (Å²) in [4.78, 5) is 4.38. The van der Waals surface area contributed by atoms with Gasteiger partial charge in [0, 0.05) is 31.5 Å². The van der Waals surface area contributed by atoms with Crippen molar-refractivity contribution in [3.8, 4) is 11.3 Å². The molecule has 116 valence electrons. The first kappa shape index (κ1) is 14.5. The molecule has 3 rings (SSSR count). The Bertz CT molecular complexity index is 792. The molecule has 8 nitrogen and oxygen atoms in total. The number of nitrogens with zero attached hydrogens (tertiary/aromatic N) is 6. The fourth-order valence-corrected chi connectivity index (χ4v) is 2.40. The maximum atomic E-state index is 5.11. The summed E-state index contributed by atoms with van der Waals surface area (Å²) in [6.45, 7) is 4.61. The Balaban J connectivity index is 1.98. The van der Waals surface area contributed by atoms with E-state index >= 15 is 0 Å². The first-order chi connectivity index (χ1) is 10.6. The molecule has 0 aliphatic rings. The summed E-state index contributed by atoms with van der Waals surface area (Å²) in [5.41, 5.74) is 3.70. The minimum absolute atomic E-state index is 0.137. The summed E-state index contributed by atoms with van der Waals surface area (Å²) in [5, 5.41) is 15.9. The highest BCUT2D eigenvalue weighted by atomic mass is 16.5. The average Bonchev–Trinajstić information content (AvgIpc) is 3.04. The van der Waals surface area contributed by atoms with Gasteiger partial charge in [-0.3, -0.25) is 4.68 Å². The molecular weight excluding hydrogens is 282 g/mol. The Hall–Kier alpha value is -2.48. The predicted molar refractivity (Wildman–Crippen MR) is 82.7 cm³/mol. The van der Waals surface area contributed by atoms with Crippen LogP contribution in [0.15, 0.2) is 18.5 Å². The number of hydrogen-bond donors (Lipinski definition) is 1. The number of aryl methyl sites for hydroxylation is 2. The lowest BCUT2D eigenvalue weighted by molar-refractivity contribution is 0.190. The topological polar surface area (TPSA) is 82.2 Å². The molecule has 0 saturated heterocycles. The smallest absolute Gasteiger partial charge is 0.241 e. The second-order valence-electron chi connectivity index (χ2n) is 5.36. The van der Waals surface area contributed by atoms with Crippen molar-refractivity contribution in [1.29, 1.82) is 0 Å². The molecule has 1 atom stereocenters. The van der Waals surface area contributed by atoms with Crippen molar-refractivity contribution >= 4 is 11.5 Å². The Morgan fingerprint density at radius 3 is 2.91 bits per heavy atom. The molecule has 3 heterocycles. The molecule has 0 aliphatic heterocycles. The van der Waals surface area contributed by atoms with E-state index in [1.54, 1.807) is 18.0 Å². The molecule has 0 radical (unpaired) electrons. The third-order valence-electron chi connectivity index (χ3n) is 3.37. The second-order valence-corrected chi connectivity index (χ2v) is 5.36. The first-order valence-electron chi connectivity index (χ1n) is 7.06. The largest absolute Gasteiger partial charge is 0.383 e. The Morgan fingerprint density at radius 1 is 1.41 bits per heavy atom. The van der Waals surface area contributed by atoms with Gasteiger partial charge in [0.2, 0.25) is 5.95 Å². The molecule has 22 heavy (non-hydrogen) atoms. The summed E-state index contributed by atoms with van der Waals surface area (Å²) >= 11 is 0. The number of methoxy groups -OCH3 is 1. The van der Waals surface area contributed by atoms with Crippen molar-refractivity contribution < 1.29 is 4.74 Å². The van der Waals surface area contributed by atoms with Gasteiger partial charge in [-0.25, -0.2) is 9.50 Å². The maximum absolute atomic E-state index is 5.11. The van der Waals surface area contributed by atoms with Crippen LogP contribution in [-0.2, 0) is 11.8 Å². The van der Waals surface area contributed by atoms with Crippen LogP contribution in [-0.4, -0.2) is 49.4 Å². The quantitative estimate of drug-likeness (QED) is 0.764. The Labute approximate surface area is 128 Å². The molecule has 0 fully saturated rings. The van der Waals surface area contributed by atoms with Gasteiger partial charge in [0.15, 0.2) is 0 Å². The van der Waals surface area contributed by atoms with Gasteiger partial charge < -0.3 is 10.1 Å². The van der Waals surface area contributed by atoms with E-state index in [1.807, 2.05) is 37.7 Å². The molecular formula is C14H19N7O. The van der Waals surface area contributed by atoms with E-state index in [2.05, 4.69) is 25.7 Å². The number of ether oxygens (including phenoxy) is 1. The number of hydrogen-bond acceptors (Lipinski definition) is 6. The highest BCUT2D eigenvalue weighted by Crippen LogP contribution is 2.25. The van der Waals surface area contributed by atoms with Gasteiger partial charge in [-0.2, -0.15) is 0 Å². The second kappa shape index (κ2) is 5.72. The monoisotopic (exact) mass is 301 g/mol. The van der Waals surface area contributed by atoms with E-state index in [-0.39, 0.29) is 6.04 Å². The third kappa shape index (κ3) is 2.64. The predicted octanol–water partition coefficient (Wildman–Crippen LogP) is 1.28. The van der Waals surface area contributed by atoms with Crippen LogP contribution in [0.25, 0.3) is 16.8 Å². The molecule has 0 aliphatic carbocycles. The summed E-state index contributed by atoms with van der Waals surface area (Å²) < 4.78 is 8.65. The van der Waals surface area contributed by atoms with E-state index < -0.39 is 0 Å². The number of anilines is 1. The number of fused-ring (bicyclic) bond motifs is 1. The minimum Gasteiger partial charge on any atom is -0.383 e. The van der Waals surface area contributed by atoms with Gasteiger partial charge >= 0.3 is 0 Å². The summed E-state index contributed by atoms with van der Waals surface area (Å²) in [5.74, 6) is 0.571. The molecule has 0 amide bonds. The van der Waals surface area contributed by atoms with Crippen LogP contribution in [0, 0.1) is 6.92 Å². The highest BCUT2D eigenvalue weighted by Gasteiger charge is 2.14. The van der Waals surface area contributed by atoms with E-state index in [4.69, 9.17) is 4.74 Å². The van der Waals surface area contributed by atoms with Gasteiger partial charge in [-0.1, -0.05) is 5.21 Å². The highest BCUT2D eigenvalue weighted by molar-refractivity contribution is 5.78. The van der Waals surface area contributed by atoms with Gasteiger partial charge in [0.05, 0.1) is 24.5 Å². The van der Waals surface area contributed by atoms with Gasteiger partial charge in [0.1, 0.15) is 5.69 Å². The van der Waals surface area contributed by atoms with Gasteiger partial charge in [-0.15, -0.1) is 10.2 Å². The maximum Gasteiger partial charge on any atom is 0.241 e. The normalized spacial score (nSPS) is 12.7. The lowest BCUT2D eigenvalue weighted by Gasteiger charge is -2.12. The van der Waals surface area contributed by atoms with E-state index in [9.17, 15) is 0 Å². The molecule has 0 saturated carbocycles. The van der Waals surface area contributed by atoms with Gasteiger partial charge in [-0.05, 0) is 19.9 Å². The van der Waals surface area contributed by atoms with E-state index in [1.165, 1.54) is 0 Å². The average molecular weight is 301 g/mol. The minimum atomic E-state index is 0.137. The Kier molecular flexibility index (Phi) is 3.76. The molecule has 0 bridgehead atoms. The zero-order valence-electron chi connectivity index (χ0n) is 13.1. The number of aromatic nitrogens is 6. The van der Waals surface area contributed by atoms with Crippen molar-refractivity contribution in [2.45, 2.75) is 19.9 Å². The molecule has 0 spiro atoms. The lowest BCUT2D eigenvalue weighted by Crippen LogP contribution is -2.22. The summed E-state index contributed by atoms with van der Waals surface area (Å²) in [6.07, 6.45) is 3.67. The lowest BCUT2D eigenvalue weighted by atomic mass is 10.2. The molecule has 0 aromatic carbocycles. The van der Waals surface area contributed by atoms with Crippen molar-refractivity contribution in [3.05, 3.63) is 24.2 Å². The third-order valence-corrected chi connectivity index (χ3v) is 3.37. The SMILES string of the molecule is COC[C@H](C)Nc1ncc2c(-c3cn(C)nn3)cc(C)n2n1. The zero-order valence-corrected chi connectivity index (χ0v) is 13.1. The van der Waals surface area contributed by atoms with Crippen LogP contribution in [0.4, 0.5) is 5.95 Å². The zero-order chi connectivity index (χ0) is 15.7. The molecule has 0 unspecified atom stereocenters. The van der Waals surface area contributed by atoms with Crippen LogP contribution < -0.4 is 5.32 Å². The van der Waals surface area contributed by atoms with Crippen LogP contribution in [0.3, 0.4) is 0 Å². The summed E-state index contributed by atoms with van der Waals surface area (Å²) in [6, 6.07) is 2.17. The van der Waals surface area contributed by atoms with E-state index in [0.29, 0.717) is 12.6 Å². The van der Waals surface area contributed by atoms with Crippen LogP contribution in [0.5, 0.6) is 0 Å². The van der Waals surface area contributed by atoms with E-state index in [0.717, 1.165) is 22.5 Å². The van der Waals surface area contributed by atoms with Crippen LogP contribution >= 0.6 is 0 Å². The molecule has 1 N–H and O–H groups in total. The molecule has 3 aromatic heterocycles. The molecule has 8 heteroatoms. The molecule has 3 aromatic rings. The van der Waals surface area contributed by atoms with Crippen molar-refractivity contribution in [1.82, 2.24) is 29.6 Å². The first-order valence-corrected chi connectivity index (χ1v) is 7.06. The van der Waals surface area contributed by atoms with Crippen molar-refractivity contribution in [3.63, 3.8) is 0 Å². The van der Waals surface area contributed by atoms with Crippen molar-refractivity contribution in [2.75, 3.05) is 19.0 Å².